The number of unbranched alkanes of at least 4 members (excludes halogenated alkanes) is 4. The summed E-state index contributed by atoms with van der Waals surface area (Å²) in [6, 6.07) is 5.68. The molecule has 1 rings (SSSR count). The summed E-state index contributed by atoms with van der Waals surface area (Å²) in [6.45, 7) is 2.38. The van der Waals surface area contributed by atoms with Gasteiger partial charge < -0.3 is 10.8 Å². The first-order chi connectivity index (χ1) is 9.69. The summed E-state index contributed by atoms with van der Waals surface area (Å²) in [4.78, 5) is 12.0. The highest BCUT2D eigenvalue weighted by molar-refractivity contribution is 5.97. The Morgan fingerprint density at radius 2 is 1.95 bits per heavy atom. The third-order valence-corrected chi connectivity index (χ3v) is 3.58. The van der Waals surface area contributed by atoms with Gasteiger partial charge in [0, 0.05) is 24.3 Å². The normalized spacial score (nSPS) is 10.7. The van der Waals surface area contributed by atoms with Crippen molar-refractivity contribution in [3.05, 3.63) is 29.3 Å². The molecular formula is C17H27NO2. The molecule has 0 spiro atoms. The lowest BCUT2D eigenvalue weighted by Crippen LogP contribution is -2.02. The zero-order valence-electron chi connectivity index (χ0n) is 12.5. The number of Topliss-reactive ketones (excluding diaryl/α,β-unsaturated/α-hetero) is 1. The van der Waals surface area contributed by atoms with Gasteiger partial charge in [0.25, 0.3) is 0 Å². The van der Waals surface area contributed by atoms with E-state index in [9.17, 15) is 4.79 Å². The number of hydrogen-bond donors (Lipinski definition) is 2. The van der Waals surface area contributed by atoms with Crippen molar-refractivity contribution in [3.8, 4) is 0 Å². The molecular weight excluding hydrogens is 250 g/mol. The highest BCUT2D eigenvalue weighted by Gasteiger charge is 2.08. The molecule has 0 aromatic heterocycles. The van der Waals surface area contributed by atoms with Crippen molar-refractivity contribution < 1.29 is 9.90 Å². The highest BCUT2D eigenvalue weighted by atomic mass is 16.2. The van der Waals surface area contributed by atoms with Crippen molar-refractivity contribution in [1.82, 2.24) is 0 Å². The number of hydrogen-bond acceptors (Lipinski definition) is 3. The van der Waals surface area contributed by atoms with Crippen LogP contribution in [0.2, 0.25) is 0 Å². The highest BCUT2D eigenvalue weighted by Crippen LogP contribution is 2.19. The SMILES string of the molecule is CCCCCC(=O)c1ccc(CCCCCO)c(N)c1. The van der Waals surface area contributed by atoms with Gasteiger partial charge in [-0.05, 0) is 37.3 Å². The lowest BCUT2D eigenvalue weighted by Gasteiger charge is -2.08. The molecule has 3 N–H and O–H groups in total. The molecule has 0 aliphatic rings. The molecule has 0 fully saturated rings. The van der Waals surface area contributed by atoms with Crippen LogP contribution in [0.4, 0.5) is 5.69 Å². The van der Waals surface area contributed by atoms with E-state index < -0.39 is 0 Å². The summed E-state index contributed by atoms with van der Waals surface area (Å²) < 4.78 is 0. The zero-order chi connectivity index (χ0) is 14.8. The number of nitrogens with two attached hydrogens (primary N) is 1. The minimum absolute atomic E-state index is 0.192. The summed E-state index contributed by atoms with van der Waals surface area (Å²) in [5, 5.41) is 8.74. The van der Waals surface area contributed by atoms with Gasteiger partial charge in [-0.1, -0.05) is 38.3 Å². The number of carbonyl (C=O) groups is 1. The fraction of sp³-hybridized carbons (Fsp3) is 0.588. The Kier molecular flexibility index (Phi) is 7.97. The quantitative estimate of drug-likeness (QED) is 0.389. The van der Waals surface area contributed by atoms with E-state index in [1.807, 2.05) is 18.2 Å². The van der Waals surface area contributed by atoms with Gasteiger partial charge in [0.1, 0.15) is 0 Å². The Bertz CT molecular complexity index is 415. The smallest absolute Gasteiger partial charge is 0.162 e. The van der Waals surface area contributed by atoms with Gasteiger partial charge in [0.15, 0.2) is 5.78 Å². The molecule has 112 valence electrons. The van der Waals surface area contributed by atoms with Gasteiger partial charge in [0.05, 0.1) is 0 Å². The Hall–Kier alpha value is -1.35. The summed E-state index contributed by atoms with van der Waals surface area (Å²) in [5.41, 5.74) is 8.58. The monoisotopic (exact) mass is 277 g/mol. The number of carbonyl (C=O) groups excluding carboxylic acids is 1. The molecule has 0 bridgehead atoms. The summed E-state index contributed by atoms with van der Waals surface area (Å²) in [7, 11) is 0. The largest absolute Gasteiger partial charge is 0.398 e. The molecule has 3 heteroatoms. The Labute approximate surface area is 122 Å². The predicted molar refractivity (Wildman–Crippen MR) is 84.0 cm³/mol. The van der Waals surface area contributed by atoms with Crippen LogP contribution < -0.4 is 5.73 Å². The van der Waals surface area contributed by atoms with Gasteiger partial charge in [0.2, 0.25) is 0 Å². The van der Waals surface area contributed by atoms with Gasteiger partial charge in [-0.25, -0.2) is 0 Å². The van der Waals surface area contributed by atoms with Gasteiger partial charge in [-0.3, -0.25) is 4.79 Å². The maximum atomic E-state index is 12.0. The van der Waals surface area contributed by atoms with Crippen molar-refractivity contribution in [2.75, 3.05) is 12.3 Å². The van der Waals surface area contributed by atoms with Crippen LogP contribution in [-0.4, -0.2) is 17.5 Å². The fourth-order valence-electron chi connectivity index (χ4n) is 2.28. The maximum absolute atomic E-state index is 12.0. The van der Waals surface area contributed by atoms with Crippen molar-refractivity contribution in [2.45, 2.75) is 58.3 Å². The molecule has 0 unspecified atom stereocenters. The van der Waals surface area contributed by atoms with E-state index in [1.165, 1.54) is 0 Å². The summed E-state index contributed by atoms with van der Waals surface area (Å²) in [6.07, 6.45) is 7.58. The van der Waals surface area contributed by atoms with Crippen LogP contribution in [-0.2, 0) is 6.42 Å². The molecule has 0 aliphatic carbocycles. The number of aliphatic hydroxyl groups is 1. The van der Waals surface area contributed by atoms with E-state index in [2.05, 4.69) is 6.92 Å². The molecule has 20 heavy (non-hydrogen) atoms. The van der Waals surface area contributed by atoms with Crippen LogP contribution in [0.25, 0.3) is 0 Å². The predicted octanol–water partition coefficient (Wildman–Crippen LogP) is 3.74. The molecule has 0 amide bonds. The molecule has 1 aromatic carbocycles. The first-order valence-corrected chi connectivity index (χ1v) is 7.71. The minimum atomic E-state index is 0.192. The first-order valence-electron chi connectivity index (χ1n) is 7.71. The maximum Gasteiger partial charge on any atom is 0.162 e. The van der Waals surface area contributed by atoms with E-state index >= 15 is 0 Å². The van der Waals surface area contributed by atoms with E-state index in [0.717, 1.165) is 61.8 Å². The first kappa shape index (κ1) is 16.7. The number of anilines is 1. The van der Waals surface area contributed by atoms with E-state index in [0.29, 0.717) is 6.42 Å². The molecule has 0 saturated carbocycles. The molecule has 0 atom stereocenters. The average molecular weight is 277 g/mol. The molecule has 1 aromatic rings. The van der Waals surface area contributed by atoms with E-state index in [1.54, 1.807) is 0 Å². The summed E-state index contributed by atoms with van der Waals surface area (Å²) in [5.74, 6) is 0.192. The van der Waals surface area contributed by atoms with Crippen LogP contribution in [0.1, 0.15) is 67.8 Å². The minimum Gasteiger partial charge on any atom is -0.398 e. The van der Waals surface area contributed by atoms with E-state index in [-0.39, 0.29) is 12.4 Å². The topological polar surface area (TPSA) is 63.3 Å². The third-order valence-electron chi connectivity index (χ3n) is 3.58. The lowest BCUT2D eigenvalue weighted by molar-refractivity contribution is 0.0979. The second-order valence-electron chi connectivity index (χ2n) is 5.33. The number of aryl methyl sites for hydroxylation is 1. The Balaban J connectivity index is 2.51. The van der Waals surface area contributed by atoms with Crippen molar-refractivity contribution in [2.24, 2.45) is 0 Å². The van der Waals surface area contributed by atoms with Crippen LogP contribution in [0.5, 0.6) is 0 Å². The van der Waals surface area contributed by atoms with Crippen LogP contribution >= 0.6 is 0 Å². The fourth-order valence-corrected chi connectivity index (χ4v) is 2.28. The number of benzene rings is 1. The molecule has 0 saturated heterocycles. The van der Waals surface area contributed by atoms with E-state index in [4.69, 9.17) is 10.8 Å². The number of nitrogen functional groups attached to an aromatic ring is 1. The summed E-state index contributed by atoms with van der Waals surface area (Å²) >= 11 is 0. The van der Waals surface area contributed by atoms with Crippen LogP contribution in [0, 0.1) is 0 Å². The number of aliphatic hydroxyl groups excluding tert-OH is 1. The lowest BCUT2D eigenvalue weighted by atomic mass is 9.99. The third kappa shape index (κ3) is 5.74. The Morgan fingerprint density at radius 1 is 1.15 bits per heavy atom. The van der Waals surface area contributed by atoms with Crippen LogP contribution in [0.15, 0.2) is 18.2 Å². The van der Waals surface area contributed by atoms with Crippen molar-refractivity contribution in [3.63, 3.8) is 0 Å². The zero-order valence-corrected chi connectivity index (χ0v) is 12.5. The van der Waals surface area contributed by atoms with Gasteiger partial charge in [-0.2, -0.15) is 0 Å². The molecule has 0 heterocycles. The molecule has 0 radical (unpaired) electrons. The second-order valence-corrected chi connectivity index (χ2v) is 5.33. The van der Waals surface area contributed by atoms with Crippen molar-refractivity contribution in [1.29, 1.82) is 0 Å². The van der Waals surface area contributed by atoms with Gasteiger partial charge >= 0.3 is 0 Å². The second kappa shape index (κ2) is 9.54. The Morgan fingerprint density at radius 3 is 2.60 bits per heavy atom. The number of rotatable bonds is 10. The standard InChI is InChI=1S/C17H27NO2/c1-2-3-5-9-17(20)15-11-10-14(16(18)13-15)8-6-4-7-12-19/h10-11,13,19H,2-9,12,18H2,1H3. The average Bonchev–Trinajstić information content (AvgIpc) is 2.45. The molecule has 3 nitrogen and oxygen atoms in total. The molecule has 0 aliphatic heterocycles. The van der Waals surface area contributed by atoms with Crippen LogP contribution in [0.3, 0.4) is 0 Å². The number of ketones is 1. The van der Waals surface area contributed by atoms with Gasteiger partial charge in [-0.15, -0.1) is 0 Å². The van der Waals surface area contributed by atoms with Crippen molar-refractivity contribution >= 4 is 11.5 Å².